The lowest BCUT2D eigenvalue weighted by atomic mass is 10.0. The summed E-state index contributed by atoms with van der Waals surface area (Å²) in [6.07, 6.45) is 0.861. The van der Waals surface area contributed by atoms with Crippen molar-refractivity contribution in [1.29, 1.82) is 0 Å². The first kappa shape index (κ1) is 16.0. The van der Waals surface area contributed by atoms with Crippen LogP contribution in [-0.4, -0.2) is 14.3 Å². The monoisotopic (exact) mass is 395 g/mol. The first-order chi connectivity index (χ1) is 10.8. The number of rotatable bonds is 3. The summed E-state index contributed by atoms with van der Waals surface area (Å²) >= 11 is 3.30. The second kappa shape index (κ2) is 5.98. The van der Waals surface area contributed by atoms with E-state index in [1.165, 1.54) is 6.07 Å². The normalized spacial score (nSPS) is 14.1. The molecule has 5 nitrogen and oxygen atoms in total. The zero-order valence-corrected chi connectivity index (χ0v) is 14.7. The van der Waals surface area contributed by atoms with Gasteiger partial charge in [-0.25, -0.2) is 0 Å². The summed E-state index contributed by atoms with van der Waals surface area (Å²) in [7, 11) is -3.94. The molecule has 1 amide bonds. The molecule has 0 saturated carbocycles. The average Bonchev–Trinajstić information content (AvgIpc) is 2.49. The van der Waals surface area contributed by atoms with E-state index in [1.807, 2.05) is 6.92 Å². The fourth-order valence-electron chi connectivity index (χ4n) is 2.36. The van der Waals surface area contributed by atoms with E-state index in [1.54, 1.807) is 30.3 Å². The number of amides is 1. The molecule has 1 aliphatic heterocycles. The number of aryl methyl sites for hydroxylation is 2. The van der Waals surface area contributed by atoms with Crippen LogP contribution in [0.2, 0.25) is 0 Å². The average molecular weight is 396 g/mol. The van der Waals surface area contributed by atoms with Crippen molar-refractivity contribution in [2.75, 3.05) is 5.32 Å². The third kappa shape index (κ3) is 3.40. The number of hydrogen-bond acceptors (Lipinski definition) is 4. The molecule has 2 aromatic carbocycles. The van der Waals surface area contributed by atoms with Crippen LogP contribution in [0.5, 0.6) is 5.75 Å². The highest BCUT2D eigenvalue weighted by Gasteiger charge is 2.22. The zero-order valence-electron chi connectivity index (χ0n) is 12.3. The highest BCUT2D eigenvalue weighted by molar-refractivity contribution is 9.10. The Bertz CT molecular complexity index is 893. The molecule has 3 rings (SSSR count). The molecule has 0 spiro atoms. The highest BCUT2D eigenvalue weighted by atomic mass is 79.9. The minimum Gasteiger partial charge on any atom is -0.378 e. The van der Waals surface area contributed by atoms with Crippen LogP contribution in [-0.2, 0) is 21.3 Å². The summed E-state index contributed by atoms with van der Waals surface area (Å²) < 4.78 is 30.7. The summed E-state index contributed by atoms with van der Waals surface area (Å²) in [6.45, 7) is 1.90. The van der Waals surface area contributed by atoms with Gasteiger partial charge in [-0.1, -0.05) is 6.07 Å². The maximum atomic E-state index is 12.5. The fourth-order valence-corrected chi connectivity index (χ4v) is 4.04. The predicted octanol–water partition coefficient (Wildman–Crippen LogP) is 3.41. The van der Waals surface area contributed by atoms with E-state index in [9.17, 15) is 13.2 Å². The van der Waals surface area contributed by atoms with Crippen LogP contribution in [0.1, 0.15) is 17.5 Å². The lowest BCUT2D eigenvalue weighted by Gasteiger charge is -2.17. The molecule has 0 aliphatic carbocycles. The van der Waals surface area contributed by atoms with Crippen molar-refractivity contribution >= 4 is 37.6 Å². The third-order valence-corrected chi connectivity index (χ3v) is 5.40. The number of fused-ring (bicyclic) bond motifs is 1. The first-order valence-electron chi connectivity index (χ1n) is 6.98. The van der Waals surface area contributed by atoms with Gasteiger partial charge in [-0.15, -0.1) is 0 Å². The second-order valence-electron chi connectivity index (χ2n) is 5.34. The van der Waals surface area contributed by atoms with Crippen LogP contribution >= 0.6 is 15.9 Å². The van der Waals surface area contributed by atoms with Crippen molar-refractivity contribution in [3.63, 3.8) is 0 Å². The van der Waals surface area contributed by atoms with Gasteiger partial charge in [-0.3, -0.25) is 4.79 Å². The molecule has 0 unspecified atom stereocenters. The number of nitrogens with one attached hydrogen (secondary N) is 1. The molecule has 7 heteroatoms. The van der Waals surface area contributed by atoms with Crippen LogP contribution < -0.4 is 9.50 Å². The van der Waals surface area contributed by atoms with Gasteiger partial charge >= 0.3 is 10.1 Å². The van der Waals surface area contributed by atoms with Crippen molar-refractivity contribution in [3.8, 4) is 5.75 Å². The SMILES string of the molecule is Cc1ccc(OS(=O)(=O)c2ccc3c(c2)CCC(=O)N3)c(Br)c1. The maximum absolute atomic E-state index is 12.5. The molecule has 0 saturated heterocycles. The molecule has 1 N–H and O–H groups in total. The quantitative estimate of drug-likeness (QED) is 0.808. The molecule has 0 aromatic heterocycles. The van der Waals surface area contributed by atoms with Crippen LogP contribution in [0.4, 0.5) is 5.69 Å². The molecular weight excluding hydrogens is 382 g/mol. The third-order valence-electron chi connectivity index (χ3n) is 3.55. The van der Waals surface area contributed by atoms with Gasteiger partial charge in [0.05, 0.1) is 4.47 Å². The summed E-state index contributed by atoms with van der Waals surface area (Å²) in [5, 5.41) is 2.72. The number of anilines is 1. The zero-order chi connectivity index (χ0) is 16.6. The van der Waals surface area contributed by atoms with Crippen molar-refractivity contribution in [2.45, 2.75) is 24.7 Å². The molecule has 2 aromatic rings. The lowest BCUT2D eigenvalue weighted by molar-refractivity contribution is -0.116. The van der Waals surface area contributed by atoms with Crippen LogP contribution in [0.25, 0.3) is 0 Å². The predicted molar refractivity (Wildman–Crippen MR) is 90.1 cm³/mol. The van der Waals surface area contributed by atoms with Gasteiger partial charge < -0.3 is 9.50 Å². The van der Waals surface area contributed by atoms with E-state index in [2.05, 4.69) is 21.2 Å². The Hall–Kier alpha value is -1.86. The van der Waals surface area contributed by atoms with Gasteiger partial charge in [-0.2, -0.15) is 8.42 Å². The van der Waals surface area contributed by atoms with E-state index >= 15 is 0 Å². The molecule has 0 radical (unpaired) electrons. The van der Waals surface area contributed by atoms with Gasteiger partial charge in [0, 0.05) is 12.1 Å². The van der Waals surface area contributed by atoms with Gasteiger partial charge in [0.2, 0.25) is 5.91 Å². The maximum Gasteiger partial charge on any atom is 0.339 e. The minimum absolute atomic E-state index is 0.0621. The minimum atomic E-state index is -3.94. The summed E-state index contributed by atoms with van der Waals surface area (Å²) in [5.41, 5.74) is 2.43. The Labute approximate surface area is 142 Å². The van der Waals surface area contributed by atoms with Crippen LogP contribution in [0, 0.1) is 6.92 Å². The molecule has 0 bridgehead atoms. The molecular formula is C16H14BrNO4S. The molecule has 1 heterocycles. The lowest BCUT2D eigenvalue weighted by Crippen LogP contribution is -2.19. The van der Waals surface area contributed by atoms with Crippen molar-refractivity contribution in [3.05, 3.63) is 52.0 Å². The van der Waals surface area contributed by atoms with E-state index in [4.69, 9.17) is 4.18 Å². The van der Waals surface area contributed by atoms with Crippen molar-refractivity contribution in [2.24, 2.45) is 0 Å². The second-order valence-corrected chi connectivity index (χ2v) is 7.74. The Balaban J connectivity index is 1.92. The van der Waals surface area contributed by atoms with Crippen LogP contribution in [0.3, 0.4) is 0 Å². The molecule has 23 heavy (non-hydrogen) atoms. The highest BCUT2D eigenvalue weighted by Crippen LogP contribution is 2.30. The number of halogens is 1. The number of hydrogen-bond donors (Lipinski definition) is 1. The van der Waals surface area contributed by atoms with Gasteiger partial charge in [0.25, 0.3) is 0 Å². The summed E-state index contributed by atoms with van der Waals surface area (Å²) in [4.78, 5) is 11.4. The van der Waals surface area contributed by atoms with E-state index in [0.29, 0.717) is 23.0 Å². The van der Waals surface area contributed by atoms with Crippen LogP contribution in [0.15, 0.2) is 45.8 Å². The van der Waals surface area contributed by atoms with E-state index < -0.39 is 10.1 Å². The smallest absolute Gasteiger partial charge is 0.339 e. The molecule has 1 aliphatic rings. The summed E-state index contributed by atoms with van der Waals surface area (Å²) in [5.74, 6) is 0.176. The van der Waals surface area contributed by atoms with E-state index in [-0.39, 0.29) is 16.6 Å². The summed E-state index contributed by atoms with van der Waals surface area (Å²) in [6, 6.07) is 9.74. The largest absolute Gasteiger partial charge is 0.378 e. The fraction of sp³-hybridized carbons (Fsp3) is 0.188. The Morgan fingerprint density at radius 1 is 1.13 bits per heavy atom. The van der Waals surface area contributed by atoms with Crippen molar-refractivity contribution < 1.29 is 17.4 Å². The standard InChI is InChI=1S/C16H14BrNO4S/c1-10-2-6-15(13(17)8-10)22-23(20,21)12-4-5-14-11(9-12)3-7-16(19)18-14/h2,4-6,8-9H,3,7H2,1H3,(H,18,19). The molecule has 120 valence electrons. The molecule has 0 atom stereocenters. The Kier molecular flexibility index (Phi) is 4.16. The van der Waals surface area contributed by atoms with Gasteiger partial charge in [0.1, 0.15) is 4.90 Å². The van der Waals surface area contributed by atoms with E-state index in [0.717, 1.165) is 11.1 Å². The van der Waals surface area contributed by atoms with Crippen molar-refractivity contribution in [1.82, 2.24) is 0 Å². The topological polar surface area (TPSA) is 72.5 Å². The Morgan fingerprint density at radius 2 is 1.91 bits per heavy atom. The first-order valence-corrected chi connectivity index (χ1v) is 9.19. The Morgan fingerprint density at radius 3 is 2.65 bits per heavy atom. The van der Waals surface area contributed by atoms with Gasteiger partial charge in [-0.05, 0) is 70.7 Å². The number of carbonyl (C=O) groups excluding carboxylic acids is 1. The number of benzene rings is 2. The van der Waals surface area contributed by atoms with Gasteiger partial charge in [0.15, 0.2) is 5.75 Å². The molecule has 0 fully saturated rings. The number of carbonyl (C=O) groups is 1.